The van der Waals surface area contributed by atoms with Gasteiger partial charge in [0.2, 0.25) is 0 Å². The Bertz CT molecular complexity index is 799. The van der Waals surface area contributed by atoms with Gasteiger partial charge in [0.05, 0.1) is 17.5 Å². The van der Waals surface area contributed by atoms with Gasteiger partial charge in [-0.15, -0.1) is 0 Å². The second-order valence-corrected chi connectivity index (χ2v) is 10.1. The Kier molecular flexibility index (Phi) is 10.6. The van der Waals surface area contributed by atoms with E-state index in [2.05, 4.69) is 13.8 Å². The van der Waals surface area contributed by atoms with Gasteiger partial charge in [-0.25, -0.2) is 4.39 Å². The van der Waals surface area contributed by atoms with Crippen molar-refractivity contribution < 1.29 is 18.7 Å². The summed E-state index contributed by atoms with van der Waals surface area (Å²) >= 11 is 6.34. The predicted octanol–water partition coefficient (Wildman–Crippen LogP) is 8.52. The van der Waals surface area contributed by atoms with Gasteiger partial charge in [0.15, 0.2) is 11.6 Å². The van der Waals surface area contributed by atoms with Gasteiger partial charge in [0.25, 0.3) is 0 Å². The highest BCUT2D eigenvalue weighted by Gasteiger charge is 2.29. The van der Waals surface area contributed by atoms with E-state index in [9.17, 15) is 9.18 Å². The van der Waals surface area contributed by atoms with E-state index in [1.54, 1.807) is 6.07 Å². The number of benzene rings is 1. The zero-order valence-corrected chi connectivity index (χ0v) is 21.1. The van der Waals surface area contributed by atoms with Gasteiger partial charge in [-0.3, -0.25) is 4.79 Å². The molecule has 0 saturated heterocycles. The standard InChI is InChI=1S/C28H40ClFO3/c1-3-5-7-8-20-9-11-22(12-10-20)28(31)33-23-15-13-21(14-16-23)24-17-18-25(27(30)26(24)29)32-19-6-4-2/h13,17-18,20,22-23H,3-12,14-16,19H2,1-2H3. The number of ether oxygens (including phenoxy) is 2. The van der Waals surface area contributed by atoms with Crippen molar-refractivity contribution >= 4 is 23.1 Å². The lowest BCUT2D eigenvalue weighted by Crippen LogP contribution is -2.28. The first-order valence-electron chi connectivity index (χ1n) is 13.0. The summed E-state index contributed by atoms with van der Waals surface area (Å²) < 4.78 is 26.0. The lowest BCUT2D eigenvalue weighted by Gasteiger charge is -2.29. The van der Waals surface area contributed by atoms with E-state index >= 15 is 0 Å². The smallest absolute Gasteiger partial charge is 0.309 e. The average molecular weight is 479 g/mol. The number of hydrogen-bond donors (Lipinski definition) is 0. The molecule has 0 amide bonds. The number of carbonyl (C=O) groups is 1. The quantitative estimate of drug-likeness (QED) is 0.236. The normalized spacial score (nSPS) is 23.2. The molecule has 2 aliphatic rings. The Morgan fingerprint density at radius 1 is 1.06 bits per heavy atom. The van der Waals surface area contributed by atoms with Crippen LogP contribution >= 0.6 is 11.6 Å². The molecular weight excluding hydrogens is 439 g/mol. The molecule has 1 aromatic rings. The Labute approximate surface area is 204 Å². The molecule has 1 unspecified atom stereocenters. The molecule has 5 heteroatoms. The molecule has 0 radical (unpaired) electrons. The Morgan fingerprint density at radius 2 is 1.82 bits per heavy atom. The lowest BCUT2D eigenvalue weighted by atomic mass is 9.79. The van der Waals surface area contributed by atoms with E-state index in [0.717, 1.165) is 62.9 Å². The first-order chi connectivity index (χ1) is 16.0. The van der Waals surface area contributed by atoms with Crippen LogP contribution in [0.5, 0.6) is 5.75 Å². The van der Waals surface area contributed by atoms with Gasteiger partial charge < -0.3 is 9.47 Å². The molecule has 0 bridgehead atoms. The van der Waals surface area contributed by atoms with Crippen LogP contribution in [0, 0.1) is 17.7 Å². The number of allylic oxidation sites excluding steroid dienone is 1. The van der Waals surface area contributed by atoms with Crippen molar-refractivity contribution in [1.82, 2.24) is 0 Å². The Balaban J connectivity index is 1.48. The van der Waals surface area contributed by atoms with Crippen molar-refractivity contribution in [2.75, 3.05) is 6.61 Å². The molecule has 0 N–H and O–H groups in total. The van der Waals surface area contributed by atoms with Crippen LogP contribution in [-0.4, -0.2) is 18.7 Å². The summed E-state index contributed by atoms with van der Waals surface area (Å²) in [6, 6.07) is 3.50. The molecule has 1 saturated carbocycles. The van der Waals surface area contributed by atoms with Crippen LogP contribution in [0.4, 0.5) is 4.39 Å². The van der Waals surface area contributed by atoms with Crippen LogP contribution < -0.4 is 4.74 Å². The van der Waals surface area contributed by atoms with Crippen molar-refractivity contribution in [3.63, 3.8) is 0 Å². The number of unbranched alkanes of at least 4 members (excludes halogenated alkanes) is 3. The number of carbonyl (C=O) groups excluding carboxylic acids is 1. The van der Waals surface area contributed by atoms with E-state index in [1.165, 1.54) is 25.7 Å². The number of hydrogen-bond acceptors (Lipinski definition) is 3. The second-order valence-electron chi connectivity index (χ2n) is 9.72. The molecule has 1 aromatic carbocycles. The van der Waals surface area contributed by atoms with E-state index in [1.807, 2.05) is 12.1 Å². The maximum atomic E-state index is 14.7. The molecule has 0 heterocycles. The summed E-state index contributed by atoms with van der Waals surface area (Å²) in [5.74, 6) is 0.531. The summed E-state index contributed by atoms with van der Waals surface area (Å²) in [5, 5.41) is 0.112. The van der Waals surface area contributed by atoms with Crippen molar-refractivity contribution in [1.29, 1.82) is 0 Å². The Morgan fingerprint density at radius 3 is 2.48 bits per heavy atom. The van der Waals surface area contributed by atoms with Gasteiger partial charge in [-0.05, 0) is 74.1 Å². The highest BCUT2D eigenvalue weighted by molar-refractivity contribution is 6.32. The predicted molar refractivity (Wildman–Crippen MR) is 133 cm³/mol. The molecule has 184 valence electrons. The lowest BCUT2D eigenvalue weighted by molar-refractivity contribution is -0.155. The van der Waals surface area contributed by atoms with Crippen LogP contribution in [0.3, 0.4) is 0 Å². The van der Waals surface area contributed by atoms with Crippen molar-refractivity contribution in [2.24, 2.45) is 11.8 Å². The highest BCUT2D eigenvalue weighted by Crippen LogP contribution is 2.38. The molecule has 0 aromatic heterocycles. The van der Waals surface area contributed by atoms with Crippen LogP contribution in [0.15, 0.2) is 18.2 Å². The van der Waals surface area contributed by atoms with Gasteiger partial charge in [-0.2, -0.15) is 0 Å². The largest absolute Gasteiger partial charge is 0.490 e. The molecule has 0 spiro atoms. The summed E-state index contributed by atoms with van der Waals surface area (Å²) in [6.45, 7) is 4.79. The molecule has 33 heavy (non-hydrogen) atoms. The van der Waals surface area contributed by atoms with Crippen LogP contribution in [0.25, 0.3) is 5.57 Å². The van der Waals surface area contributed by atoms with Crippen LogP contribution in [-0.2, 0) is 9.53 Å². The first-order valence-corrected chi connectivity index (χ1v) is 13.4. The molecule has 1 fully saturated rings. The minimum atomic E-state index is -0.495. The van der Waals surface area contributed by atoms with Gasteiger partial charge in [0.1, 0.15) is 6.10 Å². The summed E-state index contributed by atoms with van der Waals surface area (Å²) in [5.41, 5.74) is 1.72. The maximum absolute atomic E-state index is 14.7. The maximum Gasteiger partial charge on any atom is 0.309 e. The molecule has 3 rings (SSSR count). The minimum Gasteiger partial charge on any atom is -0.490 e. The fraction of sp³-hybridized carbons (Fsp3) is 0.679. The highest BCUT2D eigenvalue weighted by atomic mass is 35.5. The fourth-order valence-electron chi connectivity index (χ4n) is 5.01. The van der Waals surface area contributed by atoms with Gasteiger partial charge >= 0.3 is 5.97 Å². The number of halogens is 2. The van der Waals surface area contributed by atoms with Crippen LogP contribution in [0.2, 0.25) is 5.02 Å². The van der Waals surface area contributed by atoms with E-state index in [4.69, 9.17) is 21.1 Å². The van der Waals surface area contributed by atoms with Crippen LogP contribution in [0.1, 0.15) is 103 Å². The van der Waals surface area contributed by atoms with E-state index < -0.39 is 5.82 Å². The van der Waals surface area contributed by atoms with Gasteiger partial charge in [-0.1, -0.05) is 63.6 Å². The van der Waals surface area contributed by atoms with E-state index in [-0.39, 0.29) is 28.8 Å². The fourth-order valence-corrected chi connectivity index (χ4v) is 5.29. The third-order valence-corrected chi connectivity index (χ3v) is 7.56. The van der Waals surface area contributed by atoms with Gasteiger partial charge in [0, 0.05) is 6.42 Å². The Hall–Kier alpha value is -1.55. The van der Waals surface area contributed by atoms with Crippen molar-refractivity contribution in [3.8, 4) is 5.75 Å². The van der Waals surface area contributed by atoms with Crippen molar-refractivity contribution in [3.05, 3.63) is 34.6 Å². The second kappa shape index (κ2) is 13.4. The minimum absolute atomic E-state index is 0.0264. The molecule has 1 atom stereocenters. The molecule has 0 aliphatic heterocycles. The first kappa shape index (κ1) is 26.1. The number of esters is 1. The molecule has 3 nitrogen and oxygen atoms in total. The topological polar surface area (TPSA) is 35.5 Å². The zero-order chi connectivity index (χ0) is 23.6. The number of rotatable bonds is 11. The monoisotopic (exact) mass is 478 g/mol. The third-order valence-electron chi connectivity index (χ3n) is 7.19. The molecule has 2 aliphatic carbocycles. The summed E-state index contributed by atoms with van der Waals surface area (Å²) in [7, 11) is 0. The zero-order valence-electron chi connectivity index (χ0n) is 20.3. The van der Waals surface area contributed by atoms with Crippen molar-refractivity contribution in [2.45, 2.75) is 103 Å². The van der Waals surface area contributed by atoms with E-state index in [0.29, 0.717) is 18.6 Å². The average Bonchev–Trinajstić information content (AvgIpc) is 2.83. The summed E-state index contributed by atoms with van der Waals surface area (Å²) in [6.07, 6.45) is 15.4. The molecular formula is C28H40ClFO3. The third kappa shape index (κ3) is 7.47. The SMILES string of the molecule is CCCCCC1CCC(C(=O)OC2CC=C(c3ccc(OCCCC)c(F)c3Cl)CC2)CC1. The summed E-state index contributed by atoms with van der Waals surface area (Å²) in [4.78, 5) is 12.7.